The zero-order valence-electron chi connectivity index (χ0n) is 17.0. The number of anilines is 3. The van der Waals surface area contributed by atoms with Gasteiger partial charge in [0.05, 0.1) is 4.90 Å². The van der Waals surface area contributed by atoms with Gasteiger partial charge in [0.2, 0.25) is 5.91 Å². The van der Waals surface area contributed by atoms with Gasteiger partial charge in [-0.1, -0.05) is 17.7 Å². The molecule has 1 N–H and O–H groups in total. The first-order valence-corrected chi connectivity index (χ1v) is 12.5. The van der Waals surface area contributed by atoms with Gasteiger partial charge in [-0.05, 0) is 55.7 Å². The van der Waals surface area contributed by atoms with Crippen molar-refractivity contribution in [2.75, 3.05) is 27.6 Å². The summed E-state index contributed by atoms with van der Waals surface area (Å²) in [6.45, 7) is 3.55. The number of benzene rings is 2. The van der Waals surface area contributed by atoms with E-state index in [1.165, 1.54) is 34.6 Å². The smallest absolute Gasteiger partial charge is 0.263 e. The molecule has 2 aliphatic rings. The Bertz CT molecular complexity index is 1220. The average Bonchev–Trinajstić information content (AvgIpc) is 3.48. The normalized spacial score (nSPS) is 18.5. The van der Waals surface area contributed by atoms with Crippen molar-refractivity contribution < 1.29 is 13.2 Å². The quantitative estimate of drug-likeness (QED) is 0.639. The van der Waals surface area contributed by atoms with Crippen LogP contribution in [-0.4, -0.2) is 38.4 Å². The molecule has 0 unspecified atom stereocenters. The molecule has 0 aliphatic carbocycles. The van der Waals surface area contributed by atoms with Gasteiger partial charge in [0.15, 0.2) is 5.13 Å². The molecular formula is C22H22N4O3S2. The first kappa shape index (κ1) is 20.0. The van der Waals surface area contributed by atoms with Crippen LogP contribution in [0.2, 0.25) is 0 Å². The highest BCUT2D eigenvalue weighted by atomic mass is 32.2. The second kappa shape index (κ2) is 7.65. The fourth-order valence-corrected chi connectivity index (χ4v) is 6.13. The number of nitrogens with one attached hydrogen (secondary N) is 1. The number of sulfonamides is 1. The summed E-state index contributed by atoms with van der Waals surface area (Å²) in [5.41, 5.74) is 4.40. The number of hydrogen-bond donors (Lipinski definition) is 1. The zero-order chi connectivity index (χ0) is 21.6. The monoisotopic (exact) mass is 454 g/mol. The van der Waals surface area contributed by atoms with Gasteiger partial charge >= 0.3 is 0 Å². The summed E-state index contributed by atoms with van der Waals surface area (Å²) >= 11 is 1.22. The molecule has 0 bridgehead atoms. The van der Waals surface area contributed by atoms with Gasteiger partial charge < -0.3 is 9.80 Å². The number of hydrogen-bond acceptors (Lipinski definition) is 6. The van der Waals surface area contributed by atoms with Gasteiger partial charge in [0.25, 0.3) is 10.0 Å². The fourth-order valence-electron chi connectivity index (χ4n) is 4.34. The van der Waals surface area contributed by atoms with Gasteiger partial charge in [0, 0.05) is 36.0 Å². The molecule has 1 fully saturated rings. The lowest BCUT2D eigenvalue weighted by Gasteiger charge is -2.26. The number of carbonyl (C=O) groups is 1. The fraction of sp³-hybridized carbons (Fsp3) is 0.273. The van der Waals surface area contributed by atoms with Crippen LogP contribution in [0.3, 0.4) is 0 Å². The minimum atomic E-state index is -3.71. The first-order valence-electron chi connectivity index (χ1n) is 10.1. The SMILES string of the molecule is Cc1ccc2c(c1)CCN2[C@H]1CCN(c2ccc(S(=O)(=O)Nc3nccs3)cc2)C1=O. The van der Waals surface area contributed by atoms with E-state index in [4.69, 9.17) is 0 Å². The Labute approximate surface area is 185 Å². The Morgan fingerprint density at radius 1 is 1.13 bits per heavy atom. The van der Waals surface area contributed by atoms with Gasteiger partial charge in [-0.2, -0.15) is 0 Å². The van der Waals surface area contributed by atoms with Gasteiger partial charge in [0.1, 0.15) is 6.04 Å². The Kier molecular flexibility index (Phi) is 4.94. The standard InChI is InChI=1S/C22H22N4O3S2/c1-15-2-7-19-16(14-15)8-11-26(19)20-9-12-25(21(20)27)17-3-5-18(6-4-17)31(28,29)24-22-23-10-13-30-22/h2-7,10,13-14,20H,8-9,11-12H2,1H3,(H,23,24)/t20-/m0/s1. The van der Waals surface area contributed by atoms with E-state index in [1.54, 1.807) is 28.6 Å². The molecule has 7 nitrogen and oxygen atoms in total. The van der Waals surface area contributed by atoms with Crippen molar-refractivity contribution >= 4 is 43.8 Å². The molecule has 1 amide bonds. The predicted molar refractivity (Wildman–Crippen MR) is 122 cm³/mol. The molecule has 1 saturated heterocycles. The van der Waals surface area contributed by atoms with E-state index in [0.29, 0.717) is 17.4 Å². The zero-order valence-corrected chi connectivity index (χ0v) is 18.6. The lowest BCUT2D eigenvalue weighted by Crippen LogP contribution is -2.41. The van der Waals surface area contributed by atoms with E-state index in [0.717, 1.165) is 25.1 Å². The maximum absolute atomic E-state index is 13.2. The van der Waals surface area contributed by atoms with Gasteiger partial charge in [-0.3, -0.25) is 9.52 Å². The van der Waals surface area contributed by atoms with Crippen molar-refractivity contribution in [3.05, 3.63) is 65.2 Å². The van der Waals surface area contributed by atoms with Crippen molar-refractivity contribution in [1.82, 2.24) is 4.98 Å². The third kappa shape index (κ3) is 3.68. The molecule has 0 saturated carbocycles. The summed E-state index contributed by atoms with van der Waals surface area (Å²) in [6, 6.07) is 12.7. The van der Waals surface area contributed by atoms with Crippen molar-refractivity contribution in [2.24, 2.45) is 0 Å². The largest absolute Gasteiger partial charge is 0.359 e. The number of amides is 1. The summed E-state index contributed by atoms with van der Waals surface area (Å²) in [5.74, 6) is 0.0601. The third-order valence-corrected chi connectivity index (χ3v) is 8.01. The van der Waals surface area contributed by atoms with Crippen LogP contribution in [-0.2, 0) is 21.2 Å². The van der Waals surface area contributed by atoms with Crippen molar-refractivity contribution in [3.8, 4) is 0 Å². The van der Waals surface area contributed by atoms with E-state index >= 15 is 0 Å². The topological polar surface area (TPSA) is 82.6 Å². The lowest BCUT2D eigenvalue weighted by atomic mass is 10.1. The molecule has 0 radical (unpaired) electrons. The number of rotatable bonds is 5. The summed E-state index contributed by atoms with van der Waals surface area (Å²) < 4.78 is 27.5. The van der Waals surface area contributed by atoms with Crippen LogP contribution in [0.5, 0.6) is 0 Å². The van der Waals surface area contributed by atoms with Crippen LogP contribution >= 0.6 is 11.3 Å². The van der Waals surface area contributed by atoms with E-state index < -0.39 is 10.0 Å². The highest BCUT2D eigenvalue weighted by molar-refractivity contribution is 7.93. The summed E-state index contributed by atoms with van der Waals surface area (Å²) in [4.78, 5) is 21.3. The molecule has 3 aromatic rings. The van der Waals surface area contributed by atoms with Crippen molar-refractivity contribution in [3.63, 3.8) is 0 Å². The first-order chi connectivity index (χ1) is 14.9. The molecule has 1 atom stereocenters. The molecule has 3 heterocycles. The highest BCUT2D eigenvalue weighted by Gasteiger charge is 2.39. The Morgan fingerprint density at radius 2 is 1.94 bits per heavy atom. The number of aromatic nitrogens is 1. The second-order valence-electron chi connectivity index (χ2n) is 7.81. The minimum absolute atomic E-state index is 0.0601. The lowest BCUT2D eigenvalue weighted by molar-refractivity contribution is -0.118. The minimum Gasteiger partial charge on any atom is -0.359 e. The van der Waals surface area contributed by atoms with Crippen LogP contribution in [0.4, 0.5) is 16.5 Å². The maximum Gasteiger partial charge on any atom is 0.263 e. The Balaban J connectivity index is 1.32. The Hall–Kier alpha value is -2.91. The summed E-state index contributed by atoms with van der Waals surface area (Å²) in [6.07, 6.45) is 3.25. The molecule has 0 spiro atoms. The predicted octanol–water partition coefficient (Wildman–Crippen LogP) is 3.42. The number of fused-ring (bicyclic) bond motifs is 1. The molecule has 1 aromatic heterocycles. The number of aryl methyl sites for hydroxylation is 1. The van der Waals surface area contributed by atoms with Gasteiger partial charge in [-0.15, -0.1) is 11.3 Å². The van der Waals surface area contributed by atoms with E-state index in [-0.39, 0.29) is 16.8 Å². The molecule has 2 aliphatic heterocycles. The second-order valence-corrected chi connectivity index (χ2v) is 10.4. The number of carbonyl (C=O) groups excluding carboxylic acids is 1. The van der Waals surface area contributed by atoms with Crippen LogP contribution in [0.15, 0.2) is 58.9 Å². The van der Waals surface area contributed by atoms with Crippen LogP contribution in [0.1, 0.15) is 17.5 Å². The van der Waals surface area contributed by atoms with Crippen molar-refractivity contribution in [2.45, 2.75) is 30.7 Å². The maximum atomic E-state index is 13.2. The Morgan fingerprint density at radius 3 is 2.68 bits per heavy atom. The molecule has 31 heavy (non-hydrogen) atoms. The molecule has 5 rings (SSSR count). The van der Waals surface area contributed by atoms with Crippen LogP contribution in [0, 0.1) is 6.92 Å². The van der Waals surface area contributed by atoms with Crippen LogP contribution in [0.25, 0.3) is 0 Å². The number of nitrogens with zero attached hydrogens (tertiary/aromatic N) is 3. The molecule has 160 valence electrons. The molecular weight excluding hydrogens is 432 g/mol. The molecule has 9 heteroatoms. The van der Waals surface area contributed by atoms with E-state index in [2.05, 4.69) is 39.7 Å². The van der Waals surface area contributed by atoms with E-state index in [9.17, 15) is 13.2 Å². The number of thiazole rings is 1. The van der Waals surface area contributed by atoms with Crippen LogP contribution < -0.4 is 14.5 Å². The highest BCUT2D eigenvalue weighted by Crippen LogP contribution is 2.34. The summed E-state index contributed by atoms with van der Waals surface area (Å²) in [5, 5.41) is 2.03. The van der Waals surface area contributed by atoms with E-state index in [1.807, 2.05) is 0 Å². The molecule has 2 aromatic carbocycles. The van der Waals surface area contributed by atoms with Gasteiger partial charge in [-0.25, -0.2) is 13.4 Å². The average molecular weight is 455 g/mol. The third-order valence-electron chi connectivity index (χ3n) is 5.83. The summed E-state index contributed by atoms with van der Waals surface area (Å²) in [7, 11) is -3.71. The van der Waals surface area contributed by atoms with Crippen molar-refractivity contribution in [1.29, 1.82) is 0 Å².